The maximum Gasteiger partial charge on any atom is 0.0711 e. The van der Waals surface area contributed by atoms with Gasteiger partial charge in [-0.1, -0.05) is 41.4 Å². The molecular weight excluding hydrogens is 328 g/mol. The molecule has 19 heavy (non-hydrogen) atoms. The van der Waals surface area contributed by atoms with Crippen LogP contribution in [0.25, 0.3) is 10.9 Å². The Labute approximate surface area is 127 Å². The summed E-state index contributed by atoms with van der Waals surface area (Å²) in [7, 11) is 0. The third-order valence-corrected chi connectivity index (χ3v) is 3.84. The maximum absolute atomic E-state index is 6.26. The summed E-state index contributed by atoms with van der Waals surface area (Å²) in [6.45, 7) is 8.57. The zero-order valence-electron chi connectivity index (χ0n) is 11.4. The van der Waals surface area contributed by atoms with E-state index in [0.29, 0.717) is 5.92 Å². The van der Waals surface area contributed by atoms with Crippen molar-refractivity contribution in [3.05, 3.63) is 27.3 Å². The number of benzene rings is 1. The Morgan fingerprint density at radius 1 is 1.42 bits per heavy atom. The fraction of sp³-hybridized carbons (Fsp3) is 0.500. The summed E-state index contributed by atoms with van der Waals surface area (Å²) in [6.07, 6.45) is 0. The third kappa shape index (κ3) is 2.96. The van der Waals surface area contributed by atoms with E-state index in [4.69, 9.17) is 16.3 Å². The largest absolute Gasteiger partial charge is 0.381 e. The van der Waals surface area contributed by atoms with Gasteiger partial charge >= 0.3 is 0 Å². The molecule has 1 aliphatic heterocycles. The van der Waals surface area contributed by atoms with Gasteiger partial charge in [-0.05, 0) is 19.1 Å². The number of ether oxygens (including phenoxy) is 1. The average Bonchev–Trinajstić information content (AvgIpc) is 2.63. The summed E-state index contributed by atoms with van der Waals surface area (Å²) in [4.78, 5) is 0. The van der Waals surface area contributed by atoms with Gasteiger partial charge < -0.3 is 4.74 Å². The van der Waals surface area contributed by atoms with Crippen molar-refractivity contribution in [2.75, 3.05) is 13.2 Å². The zero-order chi connectivity index (χ0) is 14.0. The van der Waals surface area contributed by atoms with Gasteiger partial charge in [-0.25, -0.2) is 0 Å². The monoisotopic (exact) mass is 344 g/mol. The Hall–Kier alpha value is -0.580. The molecule has 0 spiro atoms. The number of hydrogen-bond donors (Lipinski definition) is 0. The highest BCUT2D eigenvalue weighted by atomic mass is 79.9. The van der Waals surface area contributed by atoms with Gasteiger partial charge in [0.1, 0.15) is 0 Å². The summed E-state index contributed by atoms with van der Waals surface area (Å²) in [5, 5.41) is 6.37. The quantitative estimate of drug-likeness (QED) is 0.805. The van der Waals surface area contributed by atoms with Gasteiger partial charge in [0.2, 0.25) is 0 Å². The van der Waals surface area contributed by atoms with Gasteiger partial charge in [0.05, 0.1) is 29.4 Å². The summed E-state index contributed by atoms with van der Waals surface area (Å²) in [5.74, 6) is 0.579. The van der Waals surface area contributed by atoms with Crippen molar-refractivity contribution in [2.45, 2.75) is 27.3 Å². The van der Waals surface area contributed by atoms with E-state index in [2.05, 4.69) is 27.1 Å². The molecule has 5 heteroatoms. The molecule has 1 aliphatic rings. The smallest absolute Gasteiger partial charge is 0.0711 e. The highest BCUT2D eigenvalue weighted by Gasteiger charge is 2.21. The molecule has 104 valence electrons. The lowest BCUT2D eigenvalue weighted by Crippen LogP contribution is -2.31. The number of hydrogen-bond acceptors (Lipinski definition) is 2. The van der Waals surface area contributed by atoms with E-state index in [9.17, 15) is 0 Å². The summed E-state index contributed by atoms with van der Waals surface area (Å²) < 4.78 is 8.22. The van der Waals surface area contributed by atoms with Crippen molar-refractivity contribution in [1.29, 1.82) is 0 Å². The van der Waals surface area contributed by atoms with E-state index < -0.39 is 0 Å². The molecule has 1 aromatic heterocycles. The molecular formula is C14H18BrClN2O. The van der Waals surface area contributed by atoms with Crippen LogP contribution in [0.5, 0.6) is 0 Å². The van der Waals surface area contributed by atoms with Crippen LogP contribution in [0.4, 0.5) is 0 Å². The normalized spacial score (nSPS) is 15.0. The fourth-order valence-electron chi connectivity index (χ4n) is 2.18. The maximum atomic E-state index is 6.26. The van der Waals surface area contributed by atoms with Gasteiger partial charge in [0.15, 0.2) is 0 Å². The molecule has 2 aromatic rings. The van der Waals surface area contributed by atoms with E-state index in [0.717, 1.165) is 45.9 Å². The lowest BCUT2D eigenvalue weighted by atomic mass is 10.1. The predicted octanol–water partition coefficient (Wildman–Crippen LogP) is 4.43. The molecule has 0 radical (unpaired) electrons. The van der Waals surface area contributed by atoms with Crippen molar-refractivity contribution >= 4 is 38.4 Å². The van der Waals surface area contributed by atoms with E-state index in [1.165, 1.54) is 0 Å². The molecule has 0 bridgehead atoms. The molecule has 0 N–H and O–H groups in total. The highest BCUT2D eigenvalue weighted by Crippen LogP contribution is 2.31. The van der Waals surface area contributed by atoms with Gasteiger partial charge in [0, 0.05) is 22.3 Å². The Morgan fingerprint density at radius 2 is 2.11 bits per heavy atom. The predicted molar refractivity (Wildman–Crippen MR) is 82.8 cm³/mol. The minimum atomic E-state index is 0.579. The van der Waals surface area contributed by atoms with Crippen LogP contribution < -0.4 is 0 Å². The van der Waals surface area contributed by atoms with E-state index in [1.807, 2.05) is 31.5 Å². The topological polar surface area (TPSA) is 27.1 Å². The van der Waals surface area contributed by atoms with Crippen LogP contribution in [-0.2, 0) is 11.3 Å². The molecule has 1 saturated heterocycles. The highest BCUT2D eigenvalue weighted by molar-refractivity contribution is 9.10. The number of aromatic nitrogens is 2. The summed E-state index contributed by atoms with van der Waals surface area (Å²) >= 11 is 9.73. The van der Waals surface area contributed by atoms with Crippen molar-refractivity contribution < 1.29 is 4.74 Å². The first-order valence-electron chi connectivity index (χ1n) is 6.55. The van der Waals surface area contributed by atoms with Gasteiger partial charge in [-0.3, -0.25) is 4.68 Å². The molecule has 0 aliphatic carbocycles. The lowest BCUT2D eigenvalue weighted by Gasteiger charge is -2.25. The first kappa shape index (κ1) is 14.8. The zero-order valence-corrected chi connectivity index (χ0v) is 13.8. The Balaban J connectivity index is 0.000000637. The van der Waals surface area contributed by atoms with Crippen LogP contribution in [-0.4, -0.2) is 23.0 Å². The molecule has 3 nitrogen and oxygen atoms in total. The van der Waals surface area contributed by atoms with Crippen molar-refractivity contribution in [3.8, 4) is 0 Å². The molecule has 0 atom stereocenters. The second-order valence-electron chi connectivity index (χ2n) is 4.45. The molecule has 2 heterocycles. The Bertz CT molecular complexity index is 578. The number of fused-ring (bicyclic) bond motifs is 1. The van der Waals surface area contributed by atoms with E-state index >= 15 is 0 Å². The minimum Gasteiger partial charge on any atom is -0.381 e. The lowest BCUT2D eigenvalue weighted by molar-refractivity contribution is -0.0403. The minimum absolute atomic E-state index is 0.579. The first-order valence-corrected chi connectivity index (χ1v) is 7.72. The molecule has 3 rings (SSSR count). The van der Waals surface area contributed by atoms with Crippen molar-refractivity contribution in [3.63, 3.8) is 0 Å². The van der Waals surface area contributed by atoms with Gasteiger partial charge in [0.25, 0.3) is 0 Å². The number of rotatable bonds is 2. The SMILES string of the molecule is CC.Cc1nn(CC2COC2)c2cc(Br)cc(Cl)c12. The second kappa shape index (κ2) is 6.25. The van der Waals surface area contributed by atoms with Crippen molar-refractivity contribution in [1.82, 2.24) is 9.78 Å². The fourth-order valence-corrected chi connectivity index (χ4v) is 3.11. The number of aryl methyl sites for hydroxylation is 1. The van der Waals surface area contributed by atoms with Crippen LogP contribution in [0.15, 0.2) is 16.6 Å². The van der Waals surface area contributed by atoms with E-state index in [-0.39, 0.29) is 0 Å². The second-order valence-corrected chi connectivity index (χ2v) is 5.78. The summed E-state index contributed by atoms with van der Waals surface area (Å²) in [5.41, 5.74) is 2.08. The number of halogens is 2. The molecule has 1 fully saturated rings. The Kier molecular flexibility index (Phi) is 4.87. The van der Waals surface area contributed by atoms with Gasteiger partial charge in [-0.2, -0.15) is 5.10 Å². The van der Waals surface area contributed by atoms with Crippen LogP contribution in [0.2, 0.25) is 5.02 Å². The summed E-state index contributed by atoms with van der Waals surface area (Å²) in [6, 6.07) is 3.98. The van der Waals surface area contributed by atoms with E-state index in [1.54, 1.807) is 0 Å². The molecule has 0 unspecified atom stereocenters. The molecule has 0 amide bonds. The van der Waals surface area contributed by atoms with Crippen LogP contribution in [0, 0.1) is 12.8 Å². The third-order valence-electron chi connectivity index (χ3n) is 3.08. The molecule has 0 saturated carbocycles. The van der Waals surface area contributed by atoms with Crippen molar-refractivity contribution in [2.24, 2.45) is 5.92 Å². The van der Waals surface area contributed by atoms with Crippen LogP contribution >= 0.6 is 27.5 Å². The standard InChI is InChI=1S/C12H12BrClN2O.C2H6/c1-7-12-10(14)2-9(13)3-11(12)16(15-7)4-8-5-17-6-8;1-2/h2-3,8H,4-6H2,1H3;1-2H3. The first-order chi connectivity index (χ1) is 9.15. The number of nitrogens with zero attached hydrogens (tertiary/aromatic N) is 2. The van der Waals surface area contributed by atoms with Gasteiger partial charge in [-0.15, -0.1) is 0 Å². The average molecular weight is 346 g/mol. The Morgan fingerprint density at radius 3 is 2.68 bits per heavy atom. The molecule has 1 aromatic carbocycles. The van der Waals surface area contributed by atoms with Crippen LogP contribution in [0.3, 0.4) is 0 Å². The van der Waals surface area contributed by atoms with Crippen LogP contribution in [0.1, 0.15) is 19.5 Å².